The summed E-state index contributed by atoms with van der Waals surface area (Å²) in [6.07, 6.45) is 8.37. The molecule has 0 atom stereocenters. The van der Waals surface area contributed by atoms with Crippen molar-refractivity contribution in [2.75, 3.05) is 0 Å². The second-order valence-corrected chi connectivity index (χ2v) is 5.08. The predicted molar refractivity (Wildman–Crippen MR) is 55.1 cm³/mol. The van der Waals surface area contributed by atoms with Crippen LogP contribution in [0.2, 0.25) is 0 Å². The highest BCUT2D eigenvalue weighted by molar-refractivity contribution is 5.23. The molecule has 12 heavy (non-hydrogen) atoms. The van der Waals surface area contributed by atoms with Gasteiger partial charge in [0.25, 0.3) is 0 Å². The molecule has 0 nitrogen and oxygen atoms in total. The molecule has 0 radical (unpaired) electrons. The van der Waals surface area contributed by atoms with Gasteiger partial charge in [0.05, 0.1) is 0 Å². The number of allylic oxidation sites excluding steroid dienone is 4. The quantitative estimate of drug-likeness (QED) is 0.547. The highest BCUT2D eigenvalue weighted by atomic mass is 14.2. The molecule has 0 aromatic heterocycles. The molecule has 0 spiro atoms. The molecule has 0 saturated carbocycles. The molecule has 68 valence electrons. The average Bonchev–Trinajstić information content (AvgIpc) is 1.91. The maximum Gasteiger partial charge on any atom is -0.0268 e. The highest BCUT2D eigenvalue weighted by Gasteiger charge is 2.13. The average molecular weight is 164 g/mol. The third kappa shape index (κ3) is 3.25. The third-order valence-corrected chi connectivity index (χ3v) is 2.20. The molecule has 1 aliphatic carbocycles. The fraction of sp³-hybridized carbons (Fsp3) is 0.667. The Morgan fingerprint density at radius 2 is 1.83 bits per heavy atom. The van der Waals surface area contributed by atoms with Gasteiger partial charge < -0.3 is 0 Å². The van der Waals surface area contributed by atoms with Gasteiger partial charge in [0.2, 0.25) is 0 Å². The van der Waals surface area contributed by atoms with Crippen LogP contribution >= 0.6 is 0 Å². The van der Waals surface area contributed by atoms with E-state index in [1.807, 2.05) is 0 Å². The summed E-state index contributed by atoms with van der Waals surface area (Å²) < 4.78 is 0. The van der Waals surface area contributed by atoms with Crippen LogP contribution in [0.4, 0.5) is 0 Å². The van der Waals surface area contributed by atoms with Crippen LogP contribution in [0.5, 0.6) is 0 Å². The van der Waals surface area contributed by atoms with Crippen molar-refractivity contribution in [1.82, 2.24) is 0 Å². The Hall–Kier alpha value is -0.520. The molecule has 0 aliphatic heterocycles. The van der Waals surface area contributed by atoms with Gasteiger partial charge in [-0.25, -0.2) is 0 Å². The van der Waals surface area contributed by atoms with E-state index in [4.69, 9.17) is 0 Å². The van der Waals surface area contributed by atoms with Crippen LogP contribution in [0.3, 0.4) is 0 Å². The minimum atomic E-state index is 0.449. The standard InChI is InChI=1S/C12H20/c1-10-5-7-11(8-6-10)9-12(2,3)4/h5,7H,6,8-9H2,1-4H3. The lowest BCUT2D eigenvalue weighted by molar-refractivity contribution is 0.403. The molecule has 0 heteroatoms. The van der Waals surface area contributed by atoms with Crippen LogP contribution in [-0.4, -0.2) is 0 Å². The summed E-state index contributed by atoms with van der Waals surface area (Å²) >= 11 is 0. The molecule has 0 amide bonds. The van der Waals surface area contributed by atoms with Gasteiger partial charge in [-0.2, -0.15) is 0 Å². The lowest BCUT2D eigenvalue weighted by atomic mass is 9.84. The van der Waals surface area contributed by atoms with Crippen LogP contribution < -0.4 is 0 Å². The van der Waals surface area contributed by atoms with Gasteiger partial charge in [0.1, 0.15) is 0 Å². The van der Waals surface area contributed by atoms with Crippen molar-refractivity contribution < 1.29 is 0 Å². The maximum atomic E-state index is 2.31. The van der Waals surface area contributed by atoms with E-state index in [1.165, 1.54) is 24.8 Å². The van der Waals surface area contributed by atoms with Gasteiger partial charge in [0.15, 0.2) is 0 Å². The molecule has 0 aromatic carbocycles. The molecule has 0 fully saturated rings. The summed E-state index contributed by atoms with van der Waals surface area (Å²) in [7, 11) is 0. The largest absolute Gasteiger partial charge is 0.0730 e. The number of rotatable bonds is 1. The number of hydrogen-bond acceptors (Lipinski definition) is 0. The fourth-order valence-corrected chi connectivity index (χ4v) is 1.61. The van der Waals surface area contributed by atoms with E-state index in [1.54, 1.807) is 5.57 Å². The van der Waals surface area contributed by atoms with Gasteiger partial charge in [-0.3, -0.25) is 0 Å². The van der Waals surface area contributed by atoms with Gasteiger partial charge in [-0.15, -0.1) is 0 Å². The summed E-state index contributed by atoms with van der Waals surface area (Å²) in [6, 6.07) is 0. The maximum absolute atomic E-state index is 2.31. The molecule has 1 aliphatic rings. The Labute approximate surface area is 76.4 Å². The summed E-state index contributed by atoms with van der Waals surface area (Å²) in [5.74, 6) is 0. The topological polar surface area (TPSA) is 0 Å². The van der Waals surface area contributed by atoms with Crippen molar-refractivity contribution >= 4 is 0 Å². The molecule has 0 unspecified atom stereocenters. The van der Waals surface area contributed by atoms with Crippen molar-refractivity contribution in [2.45, 2.75) is 47.0 Å². The minimum absolute atomic E-state index is 0.449. The van der Waals surface area contributed by atoms with Crippen LogP contribution in [-0.2, 0) is 0 Å². The molecule has 1 rings (SSSR count). The van der Waals surface area contributed by atoms with Crippen molar-refractivity contribution in [3.8, 4) is 0 Å². The van der Waals surface area contributed by atoms with Gasteiger partial charge >= 0.3 is 0 Å². The molecular formula is C12H20. The Kier molecular flexibility index (Phi) is 2.76. The molecule has 0 heterocycles. The number of hydrogen-bond donors (Lipinski definition) is 0. The first-order valence-corrected chi connectivity index (χ1v) is 4.82. The Morgan fingerprint density at radius 3 is 2.25 bits per heavy atom. The highest BCUT2D eigenvalue weighted by Crippen LogP contribution is 2.29. The smallest absolute Gasteiger partial charge is 0.0268 e. The fourth-order valence-electron chi connectivity index (χ4n) is 1.61. The zero-order valence-corrected chi connectivity index (χ0v) is 8.78. The van der Waals surface area contributed by atoms with Crippen molar-refractivity contribution in [3.63, 3.8) is 0 Å². The van der Waals surface area contributed by atoms with Crippen LogP contribution in [0.25, 0.3) is 0 Å². The monoisotopic (exact) mass is 164 g/mol. The first-order chi connectivity index (χ1) is 5.47. The lowest BCUT2D eigenvalue weighted by Crippen LogP contribution is -2.07. The Bertz CT molecular complexity index is 211. The van der Waals surface area contributed by atoms with E-state index in [-0.39, 0.29) is 0 Å². The summed E-state index contributed by atoms with van der Waals surface area (Å²) in [5, 5.41) is 0. The van der Waals surface area contributed by atoms with E-state index in [0.29, 0.717) is 5.41 Å². The van der Waals surface area contributed by atoms with Crippen molar-refractivity contribution in [3.05, 3.63) is 23.3 Å². The van der Waals surface area contributed by atoms with Gasteiger partial charge in [0, 0.05) is 0 Å². The Morgan fingerprint density at radius 1 is 1.17 bits per heavy atom. The van der Waals surface area contributed by atoms with Crippen molar-refractivity contribution in [1.29, 1.82) is 0 Å². The molecular weight excluding hydrogens is 144 g/mol. The summed E-state index contributed by atoms with van der Waals surface area (Å²) in [5.41, 5.74) is 3.59. The Balaban J connectivity index is 2.55. The third-order valence-electron chi connectivity index (χ3n) is 2.20. The van der Waals surface area contributed by atoms with Gasteiger partial charge in [-0.05, 0) is 31.6 Å². The molecule has 0 bridgehead atoms. The van der Waals surface area contributed by atoms with Crippen LogP contribution in [0.15, 0.2) is 23.3 Å². The zero-order chi connectivity index (χ0) is 9.19. The van der Waals surface area contributed by atoms with E-state index < -0.39 is 0 Å². The van der Waals surface area contributed by atoms with E-state index in [2.05, 4.69) is 39.8 Å². The minimum Gasteiger partial charge on any atom is -0.0730 e. The molecule has 0 N–H and O–H groups in total. The zero-order valence-electron chi connectivity index (χ0n) is 8.78. The normalized spacial score (nSPS) is 18.7. The van der Waals surface area contributed by atoms with Crippen molar-refractivity contribution in [2.24, 2.45) is 5.41 Å². The first kappa shape index (κ1) is 9.57. The predicted octanol–water partition coefficient (Wildman–Crippen LogP) is 4.09. The lowest BCUT2D eigenvalue weighted by Gasteiger charge is -2.22. The second kappa shape index (κ2) is 3.47. The van der Waals surface area contributed by atoms with Crippen LogP contribution in [0.1, 0.15) is 47.0 Å². The van der Waals surface area contributed by atoms with E-state index in [9.17, 15) is 0 Å². The second-order valence-electron chi connectivity index (χ2n) is 5.08. The van der Waals surface area contributed by atoms with E-state index >= 15 is 0 Å². The summed E-state index contributed by atoms with van der Waals surface area (Å²) in [4.78, 5) is 0. The van der Waals surface area contributed by atoms with Crippen LogP contribution in [0, 0.1) is 5.41 Å². The molecule has 0 saturated heterocycles. The van der Waals surface area contributed by atoms with Gasteiger partial charge in [-0.1, -0.05) is 44.1 Å². The molecule has 0 aromatic rings. The summed E-state index contributed by atoms with van der Waals surface area (Å²) in [6.45, 7) is 9.13. The van der Waals surface area contributed by atoms with E-state index in [0.717, 1.165) is 0 Å². The first-order valence-electron chi connectivity index (χ1n) is 4.82. The SMILES string of the molecule is CC1=CC=C(CC(C)(C)C)CC1.